The molecule has 0 aromatic carbocycles. The highest BCUT2D eigenvalue weighted by Crippen LogP contribution is 2.33. The van der Waals surface area contributed by atoms with Crippen molar-refractivity contribution in [2.75, 3.05) is 13.7 Å². The SMILES string of the molecule is CCC(CCOC)C1CCCCC1. The number of hydrogen-bond donors (Lipinski definition) is 0. The number of ether oxygens (including phenoxy) is 1. The van der Waals surface area contributed by atoms with Crippen molar-refractivity contribution in [1.29, 1.82) is 0 Å². The van der Waals surface area contributed by atoms with E-state index in [1.165, 1.54) is 44.9 Å². The van der Waals surface area contributed by atoms with Crippen LogP contribution in [0, 0.1) is 11.8 Å². The van der Waals surface area contributed by atoms with Crippen molar-refractivity contribution in [1.82, 2.24) is 0 Å². The molecule has 1 aliphatic rings. The standard InChI is InChI=1S/C12H24O/c1-3-11(9-10-13-2)12-7-5-4-6-8-12/h11-12H,3-10H2,1-2H3. The zero-order valence-electron chi connectivity index (χ0n) is 9.22. The zero-order valence-corrected chi connectivity index (χ0v) is 9.22. The van der Waals surface area contributed by atoms with Crippen LogP contribution in [-0.2, 0) is 4.74 Å². The summed E-state index contributed by atoms with van der Waals surface area (Å²) in [5.41, 5.74) is 0. The summed E-state index contributed by atoms with van der Waals surface area (Å²) in [5.74, 6) is 1.94. The lowest BCUT2D eigenvalue weighted by Gasteiger charge is -2.29. The maximum atomic E-state index is 5.16. The monoisotopic (exact) mass is 184 g/mol. The Bertz CT molecular complexity index is 116. The lowest BCUT2D eigenvalue weighted by atomic mass is 9.77. The van der Waals surface area contributed by atoms with Crippen LogP contribution in [0.3, 0.4) is 0 Å². The van der Waals surface area contributed by atoms with E-state index in [4.69, 9.17) is 4.74 Å². The van der Waals surface area contributed by atoms with Gasteiger partial charge in [0.25, 0.3) is 0 Å². The molecule has 1 atom stereocenters. The Kier molecular flexibility index (Phi) is 5.45. The van der Waals surface area contributed by atoms with Crippen LogP contribution >= 0.6 is 0 Å². The molecule has 1 aliphatic carbocycles. The fourth-order valence-corrected chi connectivity index (χ4v) is 2.65. The molecule has 1 fully saturated rings. The molecule has 0 heterocycles. The van der Waals surface area contributed by atoms with Crippen molar-refractivity contribution in [3.05, 3.63) is 0 Å². The van der Waals surface area contributed by atoms with Crippen molar-refractivity contribution >= 4 is 0 Å². The highest BCUT2D eigenvalue weighted by Gasteiger charge is 2.21. The van der Waals surface area contributed by atoms with Gasteiger partial charge in [-0.2, -0.15) is 0 Å². The molecule has 0 spiro atoms. The largest absolute Gasteiger partial charge is 0.385 e. The maximum absolute atomic E-state index is 5.16. The van der Waals surface area contributed by atoms with Gasteiger partial charge >= 0.3 is 0 Å². The molecule has 0 aromatic heterocycles. The van der Waals surface area contributed by atoms with Crippen LogP contribution in [0.4, 0.5) is 0 Å². The van der Waals surface area contributed by atoms with Crippen molar-refractivity contribution in [2.24, 2.45) is 11.8 Å². The van der Waals surface area contributed by atoms with E-state index in [0.29, 0.717) is 0 Å². The molecule has 0 aliphatic heterocycles. The van der Waals surface area contributed by atoms with Gasteiger partial charge in [-0.3, -0.25) is 0 Å². The number of rotatable bonds is 5. The van der Waals surface area contributed by atoms with Gasteiger partial charge < -0.3 is 4.74 Å². The van der Waals surface area contributed by atoms with Crippen LogP contribution < -0.4 is 0 Å². The fraction of sp³-hybridized carbons (Fsp3) is 1.00. The van der Waals surface area contributed by atoms with Crippen LogP contribution in [0.5, 0.6) is 0 Å². The van der Waals surface area contributed by atoms with Gasteiger partial charge in [-0.05, 0) is 18.3 Å². The molecule has 0 radical (unpaired) electrons. The Labute approximate surface area is 82.9 Å². The summed E-state index contributed by atoms with van der Waals surface area (Å²) in [4.78, 5) is 0. The van der Waals surface area contributed by atoms with Gasteiger partial charge in [-0.15, -0.1) is 0 Å². The minimum atomic E-state index is 0.931. The summed E-state index contributed by atoms with van der Waals surface area (Å²) in [5, 5.41) is 0. The molecule has 1 saturated carbocycles. The average Bonchev–Trinajstić information content (AvgIpc) is 2.21. The molecule has 13 heavy (non-hydrogen) atoms. The summed E-state index contributed by atoms with van der Waals surface area (Å²) in [6.07, 6.45) is 9.97. The van der Waals surface area contributed by atoms with E-state index >= 15 is 0 Å². The summed E-state index contributed by atoms with van der Waals surface area (Å²) in [6.45, 7) is 3.28. The third-order valence-corrected chi connectivity index (χ3v) is 3.53. The normalized spacial score (nSPS) is 21.7. The second-order valence-corrected chi connectivity index (χ2v) is 4.35. The average molecular weight is 184 g/mol. The zero-order chi connectivity index (χ0) is 9.52. The summed E-state index contributed by atoms with van der Waals surface area (Å²) >= 11 is 0. The number of methoxy groups -OCH3 is 1. The first-order valence-electron chi connectivity index (χ1n) is 5.87. The first-order valence-corrected chi connectivity index (χ1v) is 5.87. The first kappa shape index (κ1) is 11.0. The molecule has 0 amide bonds. The van der Waals surface area contributed by atoms with Crippen LogP contribution in [0.15, 0.2) is 0 Å². The minimum Gasteiger partial charge on any atom is -0.385 e. The van der Waals surface area contributed by atoms with E-state index in [1.807, 2.05) is 7.11 Å². The molecule has 0 bridgehead atoms. The van der Waals surface area contributed by atoms with E-state index < -0.39 is 0 Å². The van der Waals surface area contributed by atoms with Crippen LogP contribution in [0.25, 0.3) is 0 Å². The van der Waals surface area contributed by atoms with Crippen molar-refractivity contribution in [3.8, 4) is 0 Å². The Morgan fingerprint density at radius 3 is 2.46 bits per heavy atom. The Morgan fingerprint density at radius 1 is 1.23 bits per heavy atom. The van der Waals surface area contributed by atoms with Gasteiger partial charge in [0.2, 0.25) is 0 Å². The number of hydrogen-bond acceptors (Lipinski definition) is 1. The second kappa shape index (κ2) is 6.42. The smallest absolute Gasteiger partial charge is 0.0465 e. The van der Waals surface area contributed by atoms with Crippen LogP contribution in [-0.4, -0.2) is 13.7 Å². The van der Waals surface area contributed by atoms with Crippen molar-refractivity contribution in [3.63, 3.8) is 0 Å². The minimum absolute atomic E-state index is 0.931. The third-order valence-electron chi connectivity index (χ3n) is 3.53. The van der Waals surface area contributed by atoms with Gasteiger partial charge in [0.05, 0.1) is 0 Å². The molecule has 1 unspecified atom stereocenters. The Balaban J connectivity index is 2.26. The molecule has 0 saturated heterocycles. The van der Waals surface area contributed by atoms with E-state index in [2.05, 4.69) is 6.92 Å². The lowest BCUT2D eigenvalue weighted by Crippen LogP contribution is -2.18. The molecule has 78 valence electrons. The third kappa shape index (κ3) is 3.68. The molecule has 1 nitrogen and oxygen atoms in total. The molecule has 0 N–H and O–H groups in total. The molecular weight excluding hydrogens is 160 g/mol. The van der Waals surface area contributed by atoms with Crippen LogP contribution in [0.2, 0.25) is 0 Å². The fourth-order valence-electron chi connectivity index (χ4n) is 2.65. The topological polar surface area (TPSA) is 9.23 Å². The Morgan fingerprint density at radius 2 is 1.92 bits per heavy atom. The van der Waals surface area contributed by atoms with E-state index in [9.17, 15) is 0 Å². The highest BCUT2D eigenvalue weighted by molar-refractivity contribution is 4.73. The van der Waals surface area contributed by atoms with Gasteiger partial charge in [-0.25, -0.2) is 0 Å². The van der Waals surface area contributed by atoms with Crippen molar-refractivity contribution in [2.45, 2.75) is 51.9 Å². The molecule has 1 rings (SSSR count). The highest BCUT2D eigenvalue weighted by atomic mass is 16.5. The van der Waals surface area contributed by atoms with Crippen molar-refractivity contribution < 1.29 is 4.74 Å². The lowest BCUT2D eigenvalue weighted by molar-refractivity contribution is 0.144. The predicted molar refractivity (Wildman–Crippen MR) is 56.8 cm³/mol. The summed E-state index contributed by atoms with van der Waals surface area (Å²) in [7, 11) is 1.81. The molecule has 1 heteroatoms. The Hall–Kier alpha value is -0.0400. The van der Waals surface area contributed by atoms with Gasteiger partial charge in [-0.1, -0.05) is 45.4 Å². The first-order chi connectivity index (χ1) is 6.38. The van der Waals surface area contributed by atoms with E-state index in [0.717, 1.165) is 18.4 Å². The predicted octanol–water partition coefficient (Wildman–Crippen LogP) is 3.63. The van der Waals surface area contributed by atoms with Crippen LogP contribution in [0.1, 0.15) is 51.9 Å². The van der Waals surface area contributed by atoms with Gasteiger partial charge in [0.1, 0.15) is 0 Å². The summed E-state index contributed by atoms with van der Waals surface area (Å²) < 4.78 is 5.16. The maximum Gasteiger partial charge on any atom is 0.0465 e. The van der Waals surface area contributed by atoms with E-state index in [-0.39, 0.29) is 0 Å². The summed E-state index contributed by atoms with van der Waals surface area (Å²) in [6, 6.07) is 0. The van der Waals surface area contributed by atoms with Gasteiger partial charge in [0, 0.05) is 13.7 Å². The second-order valence-electron chi connectivity index (χ2n) is 4.35. The quantitative estimate of drug-likeness (QED) is 0.634. The molecular formula is C12H24O. The molecule has 0 aromatic rings. The van der Waals surface area contributed by atoms with E-state index in [1.54, 1.807) is 0 Å². The van der Waals surface area contributed by atoms with Gasteiger partial charge in [0.15, 0.2) is 0 Å².